The second kappa shape index (κ2) is 7.88. The molecule has 0 aliphatic rings. The monoisotopic (exact) mass is 297 g/mol. The molecule has 0 heterocycles. The third-order valence-corrected chi connectivity index (χ3v) is 3.62. The summed E-state index contributed by atoms with van der Waals surface area (Å²) in [6.07, 6.45) is 5.24. The molecule has 0 radical (unpaired) electrons. The predicted molar refractivity (Wildman–Crippen MR) is 79.3 cm³/mol. The Balaban J connectivity index is 2.40. The molecule has 0 bridgehead atoms. The van der Waals surface area contributed by atoms with Crippen LogP contribution in [0.3, 0.4) is 0 Å². The highest BCUT2D eigenvalue weighted by atomic mass is 79.9. The minimum Gasteiger partial charge on any atom is -0.308 e. The molecule has 2 atom stereocenters. The van der Waals surface area contributed by atoms with Crippen LogP contribution >= 0.6 is 15.9 Å². The van der Waals surface area contributed by atoms with Gasteiger partial charge in [0.25, 0.3) is 0 Å². The molecular weight excluding hydrogens is 274 g/mol. The van der Waals surface area contributed by atoms with Gasteiger partial charge >= 0.3 is 0 Å². The highest BCUT2D eigenvalue weighted by molar-refractivity contribution is 9.10. The number of hydrogen-bond acceptors (Lipinski definition) is 1. The first-order valence-electron chi connectivity index (χ1n) is 6.65. The van der Waals surface area contributed by atoms with Crippen molar-refractivity contribution in [3.8, 4) is 0 Å². The Morgan fingerprint density at radius 2 is 2.00 bits per heavy atom. The van der Waals surface area contributed by atoms with Gasteiger partial charge in [-0.05, 0) is 38.0 Å². The van der Waals surface area contributed by atoms with Gasteiger partial charge in [0, 0.05) is 16.6 Å². The second-order valence-corrected chi connectivity index (χ2v) is 5.76. The Labute approximate surface area is 114 Å². The lowest BCUT2D eigenvalue weighted by Crippen LogP contribution is -2.28. The first kappa shape index (κ1) is 14.7. The van der Waals surface area contributed by atoms with E-state index in [9.17, 15) is 0 Å². The normalized spacial score (nSPS) is 14.6. The minimum absolute atomic E-state index is 0.420. The van der Waals surface area contributed by atoms with Crippen LogP contribution in [0.2, 0.25) is 0 Å². The molecule has 96 valence electrons. The fourth-order valence-corrected chi connectivity index (χ4v) is 2.50. The zero-order valence-corrected chi connectivity index (χ0v) is 12.8. The van der Waals surface area contributed by atoms with Gasteiger partial charge in [-0.25, -0.2) is 0 Å². The fraction of sp³-hybridized carbons (Fsp3) is 0.600. The maximum Gasteiger partial charge on any atom is 0.0294 e. The Hall–Kier alpha value is -0.340. The van der Waals surface area contributed by atoms with Crippen molar-refractivity contribution in [1.29, 1.82) is 0 Å². The second-order valence-electron chi connectivity index (χ2n) is 4.84. The molecule has 0 amide bonds. The van der Waals surface area contributed by atoms with E-state index < -0.39 is 0 Å². The number of nitrogens with one attached hydrogen (secondary N) is 1. The SMILES string of the molecule is CCCCCC(C)NC(C)c1cccc(Br)c1. The van der Waals surface area contributed by atoms with E-state index in [1.807, 2.05) is 0 Å². The lowest BCUT2D eigenvalue weighted by Gasteiger charge is -2.20. The van der Waals surface area contributed by atoms with Gasteiger partial charge < -0.3 is 5.32 Å². The third kappa shape index (κ3) is 5.69. The predicted octanol–water partition coefficient (Wildman–Crippen LogP) is 5.07. The van der Waals surface area contributed by atoms with Crippen molar-refractivity contribution in [2.75, 3.05) is 0 Å². The molecule has 1 rings (SSSR count). The number of halogens is 1. The van der Waals surface area contributed by atoms with Gasteiger partial charge in [-0.1, -0.05) is 54.2 Å². The molecule has 0 fully saturated rings. The zero-order valence-electron chi connectivity index (χ0n) is 11.2. The van der Waals surface area contributed by atoms with E-state index in [1.54, 1.807) is 0 Å². The smallest absolute Gasteiger partial charge is 0.0294 e. The molecule has 2 heteroatoms. The lowest BCUT2D eigenvalue weighted by atomic mass is 10.1. The van der Waals surface area contributed by atoms with Gasteiger partial charge in [0.2, 0.25) is 0 Å². The Bertz CT molecular complexity index is 324. The molecule has 0 saturated heterocycles. The summed E-state index contributed by atoms with van der Waals surface area (Å²) in [6, 6.07) is 9.55. The molecule has 0 aromatic heterocycles. The van der Waals surface area contributed by atoms with Crippen LogP contribution in [0.25, 0.3) is 0 Å². The van der Waals surface area contributed by atoms with Gasteiger partial charge in [-0.2, -0.15) is 0 Å². The average molecular weight is 298 g/mol. The number of unbranched alkanes of at least 4 members (excludes halogenated alkanes) is 2. The molecule has 1 aromatic carbocycles. The van der Waals surface area contributed by atoms with Crippen LogP contribution in [0.15, 0.2) is 28.7 Å². The van der Waals surface area contributed by atoms with Crippen molar-refractivity contribution in [2.24, 2.45) is 0 Å². The highest BCUT2D eigenvalue weighted by Crippen LogP contribution is 2.18. The lowest BCUT2D eigenvalue weighted by molar-refractivity contribution is 0.440. The molecule has 1 nitrogen and oxygen atoms in total. The maximum absolute atomic E-state index is 3.66. The van der Waals surface area contributed by atoms with E-state index in [4.69, 9.17) is 0 Å². The van der Waals surface area contributed by atoms with Crippen molar-refractivity contribution in [1.82, 2.24) is 5.32 Å². The van der Waals surface area contributed by atoms with Crippen molar-refractivity contribution >= 4 is 15.9 Å². The summed E-state index contributed by atoms with van der Waals surface area (Å²) in [5.41, 5.74) is 1.35. The van der Waals surface area contributed by atoms with Gasteiger partial charge in [0.05, 0.1) is 0 Å². The maximum atomic E-state index is 3.66. The number of rotatable bonds is 7. The first-order chi connectivity index (χ1) is 8.13. The van der Waals surface area contributed by atoms with E-state index in [-0.39, 0.29) is 0 Å². The molecule has 0 aliphatic carbocycles. The van der Waals surface area contributed by atoms with Gasteiger partial charge in [-0.15, -0.1) is 0 Å². The molecule has 0 aliphatic heterocycles. The summed E-state index contributed by atoms with van der Waals surface area (Å²) in [6.45, 7) is 6.77. The molecule has 0 saturated carbocycles. The summed E-state index contributed by atoms with van der Waals surface area (Å²) in [5, 5.41) is 3.66. The van der Waals surface area contributed by atoms with Crippen LogP contribution in [0.4, 0.5) is 0 Å². The largest absolute Gasteiger partial charge is 0.308 e. The van der Waals surface area contributed by atoms with E-state index in [1.165, 1.54) is 31.2 Å². The summed E-state index contributed by atoms with van der Waals surface area (Å²) >= 11 is 3.52. The van der Waals surface area contributed by atoms with Gasteiger partial charge in [0.1, 0.15) is 0 Å². The van der Waals surface area contributed by atoms with E-state index >= 15 is 0 Å². The summed E-state index contributed by atoms with van der Waals surface area (Å²) in [7, 11) is 0. The molecule has 2 unspecified atom stereocenters. The number of benzene rings is 1. The van der Waals surface area contributed by atoms with Gasteiger partial charge in [-0.3, -0.25) is 0 Å². The summed E-state index contributed by atoms with van der Waals surface area (Å²) < 4.78 is 1.15. The van der Waals surface area contributed by atoms with Crippen LogP contribution in [-0.2, 0) is 0 Å². The van der Waals surface area contributed by atoms with E-state index in [0.29, 0.717) is 12.1 Å². The van der Waals surface area contributed by atoms with Crippen molar-refractivity contribution < 1.29 is 0 Å². The van der Waals surface area contributed by atoms with Crippen LogP contribution in [0.1, 0.15) is 58.1 Å². The van der Waals surface area contributed by atoms with E-state index in [2.05, 4.69) is 66.3 Å². The molecule has 1 N–H and O–H groups in total. The van der Waals surface area contributed by atoms with Crippen molar-refractivity contribution in [3.63, 3.8) is 0 Å². The van der Waals surface area contributed by atoms with Crippen LogP contribution < -0.4 is 5.32 Å². The van der Waals surface area contributed by atoms with Crippen molar-refractivity contribution in [2.45, 2.75) is 58.5 Å². The average Bonchev–Trinajstić information content (AvgIpc) is 2.29. The highest BCUT2D eigenvalue weighted by Gasteiger charge is 2.09. The summed E-state index contributed by atoms with van der Waals surface area (Å²) in [4.78, 5) is 0. The Kier molecular flexibility index (Phi) is 6.83. The standard InChI is InChI=1S/C15H24BrN/c1-4-5-6-8-12(2)17-13(3)14-9-7-10-15(16)11-14/h7,9-13,17H,4-6,8H2,1-3H3. The molecular formula is C15H24BrN. The fourth-order valence-electron chi connectivity index (χ4n) is 2.08. The molecule has 17 heavy (non-hydrogen) atoms. The van der Waals surface area contributed by atoms with Crippen LogP contribution in [0, 0.1) is 0 Å². The quantitative estimate of drug-likeness (QED) is 0.693. The van der Waals surface area contributed by atoms with Crippen LogP contribution in [0.5, 0.6) is 0 Å². The molecule has 1 aromatic rings. The Morgan fingerprint density at radius 3 is 2.65 bits per heavy atom. The van der Waals surface area contributed by atoms with Crippen molar-refractivity contribution in [3.05, 3.63) is 34.3 Å². The number of hydrogen-bond donors (Lipinski definition) is 1. The van der Waals surface area contributed by atoms with Crippen LogP contribution in [-0.4, -0.2) is 6.04 Å². The Morgan fingerprint density at radius 1 is 1.24 bits per heavy atom. The minimum atomic E-state index is 0.420. The van der Waals surface area contributed by atoms with E-state index in [0.717, 1.165) is 4.47 Å². The van der Waals surface area contributed by atoms with Gasteiger partial charge in [0.15, 0.2) is 0 Å². The zero-order chi connectivity index (χ0) is 12.7. The molecule has 0 spiro atoms. The first-order valence-corrected chi connectivity index (χ1v) is 7.44. The summed E-state index contributed by atoms with van der Waals surface area (Å²) in [5.74, 6) is 0. The topological polar surface area (TPSA) is 12.0 Å². The third-order valence-electron chi connectivity index (χ3n) is 3.12.